The molecule has 3 aromatic rings. The van der Waals surface area contributed by atoms with Crippen LogP contribution < -0.4 is 10.9 Å². The summed E-state index contributed by atoms with van der Waals surface area (Å²) < 4.78 is 1.40. The second-order valence-corrected chi connectivity index (χ2v) is 7.17. The Labute approximate surface area is 144 Å². The SMILES string of the molecule is CCc1nn2c(=O)cc(CNc3cccc4c3CCCC4)nc2s1. The van der Waals surface area contributed by atoms with Crippen LogP contribution in [0.15, 0.2) is 29.1 Å². The molecule has 0 unspecified atom stereocenters. The highest BCUT2D eigenvalue weighted by Crippen LogP contribution is 2.28. The monoisotopic (exact) mass is 340 g/mol. The number of fused-ring (bicyclic) bond motifs is 2. The summed E-state index contributed by atoms with van der Waals surface area (Å²) >= 11 is 1.48. The molecule has 0 amide bonds. The van der Waals surface area contributed by atoms with Crippen molar-refractivity contribution in [3.8, 4) is 0 Å². The summed E-state index contributed by atoms with van der Waals surface area (Å²) in [6.07, 6.45) is 5.63. The van der Waals surface area contributed by atoms with Gasteiger partial charge in [-0.1, -0.05) is 30.4 Å². The minimum absolute atomic E-state index is 0.108. The number of hydrogen-bond acceptors (Lipinski definition) is 5. The van der Waals surface area contributed by atoms with Gasteiger partial charge in [-0.3, -0.25) is 4.79 Å². The summed E-state index contributed by atoms with van der Waals surface area (Å²) in [6, 6.07) is 8.03. The fourth-order valence-corrected chi connectivity index (χ4v) is 4.12. The molecule has 0 saturated carbocycles. The molecule has 1 aromatic carbocycles. The van der Waals surface area contributed by atoms with Crippen LogP contribution in [0.1, 0.15) is 41.6 Å². The number of nitrogens with zero attached hydrogens (tertiary/aromatic N) is 3. The summed E-state index contributed by atoms with van der Waals surface area (Å²) in [7, 11) is 0. The predicted molar refractivity (Wildman–Crippen MR) is 96.9 cm³/mol. The zero-order chi connectivity index (χ0) is 16.5. The van der Waals surface area contributed by atoms with Gasteiger partial charge in [0.15, 0.2) is 0 Å². The molecule has 2 heterocycles. The van der Waals surface area contributed by atoms with Crippen LogP contribution in [0.4, 0.5) is 5.69 Å². The zero-order valence-corrected chi connectivity index (χ0v) is 14.5. The van der Waals surface area contributed by atoms with Crippen LogP contribution in [0, 0.1) is 0 Å². The number of rotatable bonds is 4. The number of aromatic nitrogens is 3. The van der Waals surface area contributed by atoms with Crippen LogP contribution in [0.5, 0.6) is 0 Å². The van der Waals surface area contributed by atoms with Gasteiger partial charge in [0.05, 0.1) is 12.2 Å². The quantitative estimate of drug-likeness (QED) is 0.792. The van der Waals surface area contributed by atoms with Crippen molar-refractivity contribution in [3.63, 3.8) is 0 Å². The van der Waals surface area contributed by atoms with Crippen molar-refractivity contribution in [2.45, 2.75) is 45.6 Å². The van der Waals surface area contributed by atoms with Gasteiger partial charge in [0.1, 0.15) is 5.01 Å². The molecule has 5 nitrogen and oxygen atoms in total. The van der Waals surface area contributed by atoms with Crippen molar-refractivity contribution in [1.82, 2.24) is 14.6 Å². The molecule has 1 N–H and O–H groups in total. The lowest BCUT2D eigenvalue weighted by Crippen LogP contribution is -2.17. The number of benzene rings is 1. The summed E-state index contributed by atoms with van der Waals surface area (Å²) in [5.74, 6) is 0. The first kappa shape index (κ1) is 15.3. The Hall–Kier alpha value is -2.21. The van der Waals surface area contributed by atoms with E-state index in [0.29, 0.717) is 11.5 Å². The smallest absolute Gasteiger partial charge is 0.275 e. The van der Waals surface area contributed by atoms with Gasteiger partial charge in [0.25, 0.3) is 5.56 Å². The van der Waals surface area contributed by atoms with E-state index in [1.807, 2.05) is 6.92 Å². The Balaban J connectivity index is 1.60. The van der Waals surface area contributed by atoms with Gasteiger partial charge in [-0.25, -0.2) is 4.98 Å². The lowest BCUT2D eigenvalue weighted by atomic mass is 9.90. The van der Waals surface area contributed by atoms with Gasteiger partial charge in [0.2, 0.25) is 4.96 Å². The van der Waals surface area contributed by atoms with Crippen molar-refractivity contribution >= 4 is 22.0 Å². The highest BCUT2D eigenvalue weighted by Gasteiger charge is 2.13. The molecule has 0 saturated heterocycles. The summed E-state index contributed by atoms with van der Waals surface area (Å²) in [6.45, 7) is 2.59. The molecule has 0 atom stereocenters. The van der Waals surface area contributed by atoms with Crippen LogP contribution >= 0.6 is 11.3 Å². The van der Waals surface area contributed by atoms with Crippen molar-refractivity contribution in [3.05, 3.63) is 56.4 Å². The number of aryl methyl sites for hydroxylation is 2. The molecule has 0 radical (unpaired) electrons. The summed E-state index contributed by atoms with van der Waals surface area (Å²) in [4.78, 5) is 17.5. The number of hydrogen-bond donors (Lipinski definition) is 1. The lowest BCUT2D eigenvalue weighted by Gasteiger charge is -2.20. The molecule has 24 heavy (non-hydrogen) atoms. The summed E-state index contributed by atoms with van der Waals surface area (Å²) in [5, 5.41) is 8.70. The third kappa shape index (κ3) is 2.82. The Morgan fingerprint density at radius 2 is 2.17 bits per heavy atom. The van der Waals surface area contributed by atoms with Crippen LogP contribution in [-0.4, -0.2) is 14.6 Å². The minimum Gasteiger partial charge on any atom is -0.379 e. The normalized spacial score (nSPS) is 13.9. The first-order valence-electron chi connectivity index (χ1n) is 8.48. The molecular formula is C18H20N4OS. The molecule has 0 fully saturated rings. The van der Waals surface area contributed by atoms with Crippen LogP contribution in [0.25, 0.3) is 4.96 Å². The van der Waals surface area contributed by atoms with Gasteiger partial charge < -0.3 is 5.32 Å². The van der Waals surface area contributed by atoms with Crippen molar-refractivity contribution in [2.24, 2.45) is 0 Å². The zero-order valence-electron chi connectivity index (χ0n) is 13.7. The van der Waals surface area contributed by atoms with Gasteiger partial charge in [0, 0.05) is 11.8 Å². The van der Waals surface area contributed by atoms with E-state index in [9.17, 15) is 4.79 Å². The van der Waals surface area contributed by atoms with Crippen LogP contribution in [-0.2, 0) is 25.8 Å². The second kappa shape index (κ2) is 6.36. The van der Waals surface area contributed by atoms with Crippen molar-refractivity contribution in [1.29, 1.82) is 0 Å². The van der Waals surface area contributed by atoms with E-state index in [-0.39, 0.29) is 5.56 Å². The first-order valence-corrected chi connectivity index (χ1v) is 9.29. The molecular weight excluding hydrogens is 320 g/mol. The Bertz CT molecular complexity index is 944. The lowest BCUT2D eigenvalue weighted by molar-refractivity contribution is 0.686. The van der Waals surface area contributed by atoms with Gasteiger partial charge in [-0.15, -0.1) is 0 Å². The summed E-state index contributed by atoms with van der Waals surface area (Å²) in [5.41, 5.74) is 4.70. The predicted octanol–water partition coefficient (Wildman–Crippen LogP) is 3.20. The topological polar surface area (TPSA) is 59.3 Å². The molecule has 1 aliphatic rings. The van der Waals surface area contributed by atoms with E-state index in [0.717, 1.165) is 30.0 Å². The molecule has 1 aliphatic carbocycles. The fourth-order valence-electron chi connectivity index (χ4n) is 3.26. The Kier molecular flexibility index (Phi) is 4.06. The molecule has 0 spiro atoms. The Morgan fingerprint density at radius 1 is 1.29 bits per heavy atom. The van der Waals surface area contributed by atoms with E-state index in [1.165, 1.54) is 45.5 Å². The highest BCUT2D eigenvalue weighted by atomic mass is 32.1. The standard InChI is InChI=1S/C18H20N4OS/c1-2-16-21-22-17(23)10-13(20-18(22)24-16)11-19-15-9-5-7-12-6-3-4-8-14(12)15/h5,7,9-10,19H,2-4,6,8,11H2,1H3. The number of anilines is 1. The highest BCUT2D eigenvalue weighted by molar-refractivity contribution is 7.16. The maximum atomic E-state index is 12.2. The second-order valence-electron chi connectivity index (χ2n) is 6.13. The largest absolute Gasteiger partial charge is 0.379 e. The third-order valence-corrected chi connectivity index (χ3v) is 5.55. The van der Waals surface area contributed by atoms with E-state index in [2.05, 4.69) is 33.6 Å². The number of nitrogens with one attached hydrogen (secondary N) is 1. The molecule has 4 rings (SSSR count). The molecule has 0 aliphatic heterocycles. The first-order chi connectivity index (χ1) is 11.7. The van der Waals surface area contributed by atoms with Gasteiger partial charge >= 0.3 is 0 Å². The third-order valence-electron chi connectivity index (χ3n) is 4.50. The molecule has 6 heteroatoms. The van der Waals surface area contributed by atoms with E-state index < -0.39 is 0 Å². The molecule has 2 aromatic heterocycles. The van der Waals surface area contributed by atoms with E-state index in [4.69, 9.17) is 0 Å². The Morgan fingerprint density at radius 3 is 3.04 bits per heavy atom. The van der Waals surface area contributed by atoms with Gasteiger partial charge in [-0.05, 0) is 49.3 Å². The van der Waals surface area contributed by atoms with Crippen molar-refractivity contribution in [2.75, 3.05) is 5.32 Å². The maximum Gasteiger partial charge on any atom is 0.275 e. The minimum atomic E-state index is -0.108. The molecule has 124 valence electrons. The maximum absolute atomic E-state index is 12.2. The fraction of sp³-hybridized carbons (Fsp3) is 0.389. The van der Waals surface area contributed by atoms with Crippen LogP contribution in [0.3, 0.4) is 0 Å². The van der Waals surface area contributed by atoms with Crippen LogP contribution in [0.2, 0.25) is 0 Å². The average molecular weight is 340 g/mol. The van der Waals surface area contributed by atoms with Crippen molar-refractivity contribution < 1.29 is 0 Å². The average Bonchev–Trinajstić information content (AvgIpc) is 3.04. The van der Waals surface area contributed by atoms with Gasteiger partial charge in [-0.2, -0.15) is 9.61 Å². The van der Waals surface area contributed by atoms with E-state index in [1.54, 1.807) is 6.07 Å². The molecule has 0 bridgehead atoms. The van der Waals surface area contributed by atoms with E-state index >= 15 is 0 Å².